The first-order chi connectivity index (χ1) is 18.1. The largest absolute Gasteiger partial charge is 0.465 e. The summed E-state index contributed by atoms with van der Waals surface area (Å²) in [5.41, 5.74) is -1.00. The van der Waals surface area contributed by atoms with Crippen LogP contribution < -0.4 is 0 Å². The zero-order chi connectivity index (χ0) is 28.1. The molecule has 0 heterocycles. The Hall–Kier alpha value is -1.80. The summed E-state index contributed by atoms with van der Waals surface area (Å²) in [5.74, 6) is 0.953. The topological polar surface area (TPSA) is 93.1 Å². The Morgan fingerprint density at radius 2 is 1.39 bits per heavy atom. The Labute approximate surface area is 226 Å². The zero-order valence-electron chi connectivity index (χ0n) is 23.3. The molecule has 0 radical (unpaired) electrons. The highest BCUT2D eigenvalue weighted by molar-refractivity contribution is 5.87. The molecule has 8 heteroatoms. The zero-order valence-corrected chi connectivity index (χ0v) is 23.3. The molecule has 0 bridgehead atoms. The number of hydrogen-bond donors (Lipinski definition) is 2. The van der Waals surface area contributed by atoms with E-state index in [4.69, 9.17) is 14.6 Å². The van der Waals surface area contributed by atoms with Gasteiger partial charge in [-0.15, -0.1) is 0 Å². The summed E-state index contributed by atoms with van der Waals surface area (Å²) in [7, 11) is 0. The van der Waals surface area contributed by atoms with Gasteiger partial charge in [0.15, 0.2) is 0 Å². The maximum absolute atomic E-state index is 12.4. The van der Waals surface area contributed by atoms with Gasteiger partial charge in [-0.2, -0.15) is 8.78 Å². The minimum Gasteiger partial charge on any atom is -0.465 e. The highest BCUT2D eigenvalue weighted by Gasteiger charge is 2.33. The van der Waals surface area contributed by atoms with Gasteiger partial charge in [-0.25, -0.2) is 4.79 Å². The molecule has 2 N–H and O–H groups in total. The van der Waals surface area contributed by atoms with E-state index in [-0.39, 0.29) is 37.2 Å². The van der Waals surface area contributed by atoms with Crippen molar-refractivity contribution in [1.29, 1.82) is 0 Å². The molecule has 0 aliphatic heterocycles. The molecule has 0 amide bonds. The van der Waals surface area contributed by atoms with E-state index in [1.54, 1.807) is 13.8 Å². The average molecular weight is 543 g/mol. The van der Waals surface area contributed by atoms with Crippen LogP contribution in [0.3, 0.4) is 0 Å². The summed E-state index contributed by atoms with van der Waals surface area (Å²) < 4.78 is 35.4. The van der Waals surface area contributed by atoms with Crippen LogP contribution in [0.5, 0.6) is 0 Å². The van der Waals surface area contributed by atoms with E-state index in [0.29, 0.717) is 18.3 Å². The Kier molecular flexibility index (Phi) is 13.9. The van der Waals surface area contributed by atoms with Crippen molar-refractivity contribution in [3.63, 3.8) is 0 Å². The number of halogens is 2. The van der Waals surface area contributed by atoms with Gasteiger partial charge in [0.05, 0.1) is 37.4 Å². The first kappa shape index (κ1) is 32.4. The molecule has 2 fully saturated rings. The SMILES string of the molecule is C=C(CO)C(=O)OCC(COC(=O)C(C)(C)CO)C1CCC(CCC2CCC(CCC=C(F)F)CC2)CC1. The number of carbonyl (C=O) groups excluding carboxylic acids is 2. The maximum Gasteiger partial charge on any atom is 0.335 e. The summed E-state index contributed by atoms with van der Waals surface area (Å²) in [6.07, 6.45) is 12.1. The molecule has 1 atom stereocenters. The molecule has 38 heavy (non-hydrogen) atoms. The van der Waals surface area contributed by atoms with Crippen molar-refractivity contribution in [1.82, 2.24) is 0 Å². The number of aliphatic hydroxyl groups is 2. The van der Waals surface area contributed by atoms with E-state index in [9.17, 15) is 23.5 Å². The molecule has 0 aromatic carbocycles. The van der Waals surface area contributed by atoms with Crippen LogP contribution in [0.2, 0.25) is 0 Å². The standard InChI is InChI=1S/C30H48F2O6/c1-21(17-33)28(35)37-18-26(19-38-29(36)30(2,3)20-34)25-15-13-24(14-16-25)12-11-23-9-7-22(8-10-23)5-4-6-27(31)32/h6,22-26,33-34H,1,4-5,7-20H2,2-3H3. The van der Waals surface area contributed by atoms with Gasteiger partial charge >= 0.3 is 11.9 Å². The number of allylic oxidation sites excluding steroid dienone is 1. The van der Waals surface area contributed by atoms with Gasteiger partial charge in [-0.05, 0) is 69.3 Å². The number of ether oxygens (including phenoxy) is 2. The van der Waals surface area contributed by atoms with Crippen molar-refractivity contribution in [2.45, 2.75) is 90.9 Å². The second-order valence-electron chi connectivity index (χ2n) is 12.1. The van der Waals surface area contributed by atoms with Crippen LogP contribution >= 0.6 is 0 Å². The molecule has 0 spiro atoms. The second-order valence-corrected chi connectivity index (χ2v) is 12.1. The summed E-state index contributed by atoms with van der Waals surface area (Å²) in [6.45, 7) is 6.19. The first-order valence-corrected chi connectivity index (χ1v) is 14.3. The van der Waals surface area contributed by atoms with Gasteiger partial charge < -0.3 is 19.7 Å². The molecule has 6 nitrogen and oxygen atoms in total. The highest BCUT2D eigenvalue weighted by Crippen LogP contribution is 2.39. The van der Waals surface area contributed by atoms with Crippen molar-refractivity contribution >= 4 is 11.9 Å². The summed E-state index contributed by atoms with van der Waals surface area (Å²) in [4.78, 5) is 24.4. The summed E-state index contributed by atoms with van der Waals surface area (Å²) in [6, 6.07) is 0. The third kappa shape index (κ3) is 11.1. The molecule has 0 saturated heterocycles. The van der Waals surface area contributed by atoms with E-state index in [1.807, 2.05) is 0 Å². The molecule has 1 unspecified atom stereocenters. The molecule has 0 aromatic rings. The fourth-order valence-corrected chi connectivity index (χ4v) is 5.77. The molecule has 0 aromatic heterocycles. The normalized spacial score (nSPS) is 24.8. The molecule has 2 saturated carbocycles. The Balaban J connectivity index is 1.78. The summed E-state index contributed by atoms with van der Waals surface area (Å²) >= 11 is 0. The maximum atomic E-state index is 12.4. The van der Waals surface area contributed by atoms with Crippen LogP contribution in [0.15, 0.2) is 24.3 Å². The highest BCUT2D eigenvalue weighted by atomic mass is 19.3. The molecule has 2 rings (SSSR count). The first-order valence-electron chi connectivity index (χ1n) is 14.3. The smallest absolute Gasteiger partial charge is 0.335 e. The molecular formula is C30H48F2O6. The third-order valence-electron chi connectivity index (χ3n) is 8.67. The van der Waals surface area contributed by atoms with Crippen LogP contribution in [-0.4, -0.2) is 48.6 Å². The van der Waals surface area contributed by atoms with Gasteiger partial charge in [-0.3, -0.25) is 4.79 Å². The molecule has 2 aliphatic carbocycles. The summed E-state index contributed by atoms with van der Waals surface area (Å²) in [5, 5.41) is 18.6. The van der Waals surface area contributed by atoms with Gasteiger partial charge in [0.1, 0.15) is 0 Å². The van der Waals surface area contributed by atoms with Crippen molar-refractivity contribution < 1.29 is 38.1 Å². The molecule has 2 aliphatic rings. The fourth-order valence-electron chi connectivity index (χ4n) is 5.77. The van der Waals surface area contributed by atoms with Crippen LogP contribution in [0.1, 0.15) is 90.9 Å². The number of aliphatic hydroxyl groups excluding tert-OH is 2. The van der Waals surface area contributed by atoms with Crippen molar-refractivity contribution in [3.05, 3.63) is 24.3 Å². The number of hydrogen-bond acceptors (Lipinski definition) is 6. The fraction of sp³-hybridized carbons (Fsp3) is 0.800. The van der Waals surface area contributed by atoms with E-state index in [0.717, 1.165) is 56.9 Å². The monoisotopic (exact) mass is 542 g/mol. The predicted molar refractivity (Wildman–Crippen MR) is 142 cm³/mol. The van der Waals surface area contributed by atoms with E-state index in [2.05, 4.69) is 6.58 Å². The minimum absolute atomic E-state index is 0.00889. The van der Waals surface area contributed by atoms with Crippen LogP contribution in [0.4, 0.5) is 8.78 Å². The Bertz CT molecular complexity index is 776. The average Bonchev–Trinajstić information content (AvgIpc) is 2.92. The second kappa shape index (κ2) is 16.3. The number of rotatable bonds is 15. The molecular weight excluding hydrogens is 494 g/mol. The van der Waals surface area contributed by atoms with Gasteiger partial charge in [0.2, 0.25) is 0 Å². The van der Waals surface area contributed by atoms with E-state index >= 15 is 0 Å². The number of esters is 2. The Morgan fingerprint density at radius 3 is 1.89 bits per heavy atom. The quantitative estimate of drug-likeness (QED) is 0.189. The minimum atomic E-state index is -1.57. The lowest BCUT2D eigenvalue weighted by Gasteiger charge is -2.35. The molecule has 218 valence electrons. The van der Waals surface area contributed by atoms with Crippen molar-refractivity contribution in [3.8, 4) is 0 Å². The van der Waals surface area contributed by atoms with Gasteiger partial charge in [0.25, 0.3) is 6.08 Å². The Morgan fingerprint density at radius 1 is 0.895 bits per heavy atom. The van der Waals surface area contributed by atoms with Crippen LogP contribution in [0, 0.1) is 35.0 Å². The van der Waals surface area contributed by atoms with Gasteiger partial charge in [-0.1, -0.05) is 57.9 Å². The third-order valence-corrected chi connectivity index (χ3v) is 8.67. The lowest BCUT2D eigenvalue weighted by atomic mass is 9.72. The van der Waals surface area contributed by atoms with Crippen molar-refractivity contribution in [2.75, 3.05) is 26.4 Å². The van der Waals surface area contributed by atoms with E-state index in [1.165, 1.54) is 25.7 Å². The van der Waals surface area contributed by atoms with Crippen molar-refractivity contribution in [2.24, 2.45) is 35.0 Å². The van der Waals surface area contributed by atoms with E-state index < -0.39 is 30.0 Å². The van der Waals surface area contributed by atoms with Gasteiger partial charge in [0, 0.05) is 5.92 Å². The van der Waals surface area contributed by atoms with Crippen LogP contribution in [0.25, 0.3) is 0 Å². The van der Waals surface area contributed by atoms with Crippen LogP contribution in [-0.2, 0) is 19.1 Å². The number of carbonyl (C=O) groups is 2. The lowest BCUT2D eigenvalue weighted by molar-refractivity contribution is -0.159. The lowest BCUT2D eigenvalue weighted by Crippen LogP contribution is -2.35. The predicted octanol–water partition coefficient (Wildman–Crippen LogP) is 6.21.